The minimum Gasteiger partial charge on any atom is -0.480 e. The summed E-state index contributed by atoms with van der Waals surface area (Å²) in [5.41, 5.74) is 0.785. The molecule has 0 aliphatic carbocycles. The lowest BCUT2D eigenvalue weighted by atomic mass is 9.89. The van der Waals surface area contributed by atoms with Crippen molar-refractivity contribution in [1.82, 2.24) is 25.3 Å². The first kappa shape index (κ1) is 47.6. The van der Waals surface area contributed by atoms with Crippen molar-refractivity contribution in [2.24, 2.45) is 23.7 Å². The van der Waals surface area contributed by atoms with Gasteiger partial charge in [0.2, 0.25) is 23.6 Å². The van der Waals surface area contributed by atoms with Crippen LogP contribution in [0, 0.1) is 23.7 Å². The third-order valence-corrected chi connectivity index (χ3v) is 11.5. The van der Waals surface area contributed by atoms with Gasteiger partial charge in [-0.3, -0.25) is 24.1 Å². The summed E-state index contributed by atoms with van der Waals surface area (Å²) in [4.78, 5) is 73.3. The van der Waals surface area contributed by atoms with Crippen LogP contribution in [0.4, 0.5) is 0 Å². The number of nitrogens with zero attached hydrogens (tertiary/aromatic N) is 3. The zero-order valence-electron chi connectivity index (χ0n) is 35.7. The van der Waals surface area contributed by atoms with E-state index in [1.54, 1.807) is 30.9 Å². The lowest BCUT2D eigenvalue weighted by Gasteiger charge is -2.41. The minimum atomic E-state index is -1.14. The molecule has 0 saturated carbocycles. The number of amides is 4. The second-order valence-corrected chi connectivity index (χ2v) is 16.4. The number of benzene rings is 1. The van der Waals surface area contributed by atoms with Crippen LogP contribution < -0.4 is 10.6 Å². The van der Waals surface area contributed by atoms with E-state index in [4.69, 9.17) is 9.47 Å². The van der Waals surface area contributed by atoms with E-state index in [2.05, 4.69) is 10.6 Å². The summed E-state index contributed by atoms with van der Waals surface area (Å²) in [7, 11) is 6.69. The molecule has 0 bridgehead atoms. The number of nitrogens with one attached hydrogen (secondary N) is 2. The number of carbonyl (C=O) groups is 5. The zero-order valence-corrected chi connectivity index (χ0v) is 35.7. The SMILES string of the molecule is CC[C@H](C)[C@@H]([C@@H](CC(=O)N1CCC[C@H]1[C@H](OC)[C@@H](C)C(=O)NC(Cc1ccccc1)C(=O)O)OC)N(C)C(=O)[C@@H](NC(=O)[C@H](C(C)C)N(C)C(C)C)C(C)C. The number of aliphatic carboxylic acids is 1. The Kier molecular flexibility index (Phi) is 19.3. The lowest BCUT2D eigenvalue weighted by molar-refractivity contribution is -0.148. The summed E-state index contributed by atoms with van der Waals surface area (Å²) in [6.07, 6.45) is 0.808. The average Bonchev–Trinajstić information content (AvgIpc) is 3.62. The molecule has 4 amide bonds. The number of likely N-dealkylation sites (tertiary alicyclic amines) is 1. The molecule has 13 nitrogen and oxygen atoms in total. The molecule has 312 valence electrons. The molecule has 1 aliphatic heterocycles. The van der Waals surface area contributed by atoms with Crippen LogP contribution in [-0.2, 0) is 39.9 Å². The average molecular weight is 774 g/mol. The molecule has 3 N–H and O–H groups in total. The highest BCUT2D eigenvalue weighted by Gasteiger charge is 2.43. The Labute approximate surface area is 330 Å². The van der Waals surface area contributed by atoms with Gasteiger partial charge in [-0.05, 0) is 57.1 Å². The van der Waals surface area contributed by atoms with Crippen molar-refractivity contribution in [1.29, 1.82) is 0 Å². The molecule has 13 heteroatoms. The second-order valence-electron chi connectivity index (χ2n) is 16.4. The van der Waals surface area contributed by atoms with Crippen LogP contribution in [0.2, 0.25) is 0 Å². The Hall–Kier alpha value is -3.55. The summed E-state index contributed by atoms with van der Waals surface area (Å²) < 4.78 is 11.9. The summed E-state index contributed by atoms with van der Waals surface area (Å²) >= 11 is 0. The molecular formula is C42H71N5O8. The van der Waals surface area contributed by atoms with Crippen LogP contribution in [0.3, 0.4) is 0 Å². The molecular weight excluding hydrogens is 702 g/mol. The van der Waals surface area contributed by atoms with E-state index in [0.29, 0.717) is 19.4 Å². The van der Waals surface area contributed by atoms with Gasteiger partial charge in [-0.15, -0.1) is 0 Å². The van der Waals surface area contributed by atoms with E-state index in [9.17, 15) is 29.1 Å². The van der Waals surface area contributed by atoms with Crippen molar-refractivity contribution in [3.8, 4) is 0 Å². The quantitative estimate of drug-likeness (QED) is 0.157. The molecule has 1 saturated heterocycles. The van der Waals surface area contributed by atoms with Gasteiger partial charge in [-0.2, -0.15) is 0 Å². The van der Waals surface area contributed by atoms with E-state index in [0.717, 1.165) is 12.0 Å². The molecule has 1 aromatic rings. The summed E-state index contributed by atoms with van der Waals surface area (Å²) in [5.74, 6) is -3.21. The number of likely N-dealkylation sites (N-methyl/N-ethyl adjacent to an activating group) is 2. The Morgan fingerprint density at radius 1 is 0.891 bits per heavy atom. The Morgan fingerprint density at radius 2 is 1.51 bits per heavy atom. The van der Waals surface area contributed by atoms with E-state index in [-0.39, 0.29) is 54.4 Å². The standard InChI is InChI=1S/C42H71N5O8/c1-14-28(8)37(46(11)41(51)35(25(2)3)44-40(50)36(26(4)5)45(10)27(6)7)33(54-12)24-34(48)47-22-18-21-32(47)38(55-13)29(9)39(49)43-31(42(52)53)23-30-19-16-15-17-20-30/h15-17,19-20,25-29,31-33,35-38H,14,18,21-24H2,1-13H3,(H,43,49)(H,44,50)(H,52,53)/t28-,29+,31?,32-,33+,35-,36-,37-,38+/m0/s1. The van der Waals surface area contributed by atoms with Gasteiger partial charge >= 0.3 is 5.97 Å². The molecule has 1 aliphatic rings. The van der Waals surface area contributed by atoms with Gasteiger partial charge in [0.25, 0.3) is 0 Å². The maximum atomic E-state index is 14.3. The molecule has 0 aromatic heterocycles. The summed E-state index contributed by atoms with van der Waals surface area (Å²) in [5, 5.41) is 15.7. The predicted molar refractivity (Wildman–Crippen MR) is 214 cm³/mol. The summed E-state index contributed by atoms with van der Waals surface area (Å²) in [6.45, 7) is 18.1. The van der Waals surface area contributed by atoms with Crippen molar-refractivity contribution in [2.45, 2.75) is 143 Å². The highest BCUT2D eigenvalue weighted by molar-refractivity contribution is 5.90. The van der Waals surface area contributed by atoms with Gasteiger partial charge in [0.05, 0.1) is 42.7 Å². The number of methoxy groups -OCH3 is 2. The molecule has 1 heterocycles. The Balaban J connectivity index is 2.29. The first-order chi connectivity index (χ1) is 25.8. The maximum absolute atomic E-state index is 14.3. The molecule has 0 spiro atoms. The highest BCUT2D eigenvalue weighted by Crippen LogP contribution is 2.30. The molecule has 55 heavy (non-hydrogen) atoms. The van der Waals surface area contributed by atoms with E-state index in [1.165, 1.54) is 7.11 Å². The van der Waals surface area contributed by atoms with Gasteiger partial charge in [-0.1, -0.05) is 85.2 Å². The molecule has 9 atom stereocenters. The molecule has 1 aromatic carbocycles. The van der Waals surface area contributed by atoms with E-state index >= 15 is 0 Å². The van der Waals surface area contributed by atoms with Crippen molar-refractivity contribution in [3.63, 3.8) is 0 Å². The van der Waals surface area contributed by atoms with Crippen LogP contribution in [0.5, 0.6) is 0 Å². The van der Waals surface area contributed by atoms with Gasteiger partial charge in [0.15, 0.2) is 0 Å². The molecule has 2 rings (SSSR count). The van der Waals surface area contributed by atoms with E-state index < -0.39 is 60.2 Å². The Morgan fingerprint density at radius 3 is 2.00 bits per heavy atom. The van der Waals surface area contributed by atoms with Gasteiger partial charge in [0, 0.05) is 40.3 Å². The van der Waals surface area contributed by atoms with Crippen LogP contribution in [0.25, 0.3) is 0 Å². The van der Waals surface area contributed by atoms with Crippen LogP contribution in [0.1, 0.15) is 93.6 Å². The Bertz CT molecular complexity index is 1390. The topological polar surface area (TPSA) is 158 Å². The highest BCUT2D eigenvalue weighted by atomic mass is 16.5. The fourth-order valence-corrected chi connectivity index (χ4v) is 7.91. The fraction of sp³-hybridized carbons (Fsp3) is 0.738. The fourth-order valence-electron chi connectivity index (χ4n) is 7.91. The predicted octanol–water partition coefficient (Wildman–Crippen LogP) is 4.22. The largest absolute Gasteiger partial charge is 0.480 e. The zero-order chi connectivity index (χ0) is 41.7. The molecule has 0 radical (unpaired) electrons. The number of rotatable bonds is 22. The summed E-state index contributed by atoms with van der Waals surface area (Å²) in [6, 6.07) is 6.00. The van der Waals surface area contributed by atoms with E-state index in [1.807, 2.05) is 97.7 Å². The van der Waals surface area contributed by atoms with Crippen molar-refractivity contribution < 1.29 is 38.6 Å². The van der Waals surface area contributed by atoms with Gasteiger partial charge in [-0.25, -0.2) is 4.79 Å². The van der Waals surface area contributed by atoms with Crippen molar-refractivity contribution >= 4 is 29.6 Å². The van der Waals surface area contributed by atoms with Crippen molar-refractivity contribution in [2.75, 3.05) is 34.9 Å². The smallest absolute Gasteiger partial charge is 0.326 e. The third kappa shape index (κ3) is 12.7. The lowest BCUT2D eigenvalue weighted by Crippen LogP contribution is -2.60. The monoisotopic (exact) mass is 774 g/mol. The molecule has 1 fully saturated rings. The van der Waals surface area contributed by atoms with Crippen LogP contribution in [-0.4, -0.2) is 133 Å². The normalized spacial score (nSPS) is 19.1. The first-order valence-corrected chi connectivity index (χ1v) is 20.0. The minimum absolute atomic E-state index is 0.0118. The molecule has 1 unspecified atom stereocenters. The number of carboxylic acids is 1. The van der Waals surface area contributed by atoms with Crippen LogP contribution >= 0.6 is 0 Å². The first-order valence-electron chi connectivity index (χ1n) is 20.0. The van der Waals surface area contributed by atoms with Crippen molar-refractivity contribution in [3.05, 3.63) is 35.9 Å². The number of hydrogen-bond acceptors (Lipinski definition) is 8. The van der Waals surface area contributed by atoms with Crippen LogP contribution in [0.15, 0.2) is 30.3 Å². The number of hydrogen-bond donors (Lipinski definition) is 3. The second kappa shape index (κ2) is 22.3. The maximum Gasteiger partial charge on any atom is 0.326 e. The van der Waals surface area contributed by atoms with Gasteiger partial charge in [0.1, 0.15) is 12.1 Å². The van der Waals surface area contributed by atoms with Gasteiger partial charge < -0.3 is 35.0 Å². The number of carboxylic acid groups (broad SMARTS) is 1. The third-order valence-electron chi connectivity index (χ3n) is 11.5. The number of ether oxygens (including phenoxy) is 2. The number of carbonyl (C=O) groups excluding carboxylic acids is 4.